The van der Waals surface area contributed by atoms with Gasteiger partial charge in [0.25, 0.3) is 5.69 Å². The molecule has 7 heteroatoms. The van der Waals surface area contributed by atoms with E-state index < -0.39 is 10.9 Å². The number of nitrogens with zero attached hydrogens (tertiary/aromatic N) is 2. The first-order valence-corrected chi connectivity index (χ1v) is 6.16. The maximum absolute atomic E-state index is 10.9. The van der Waals surface area contributed by atoms with Crippen molar-refractivity contribution in [1.82, 2.24) is 0 Å². The molecule has 1 N–H and O–H groups in total. The standard InChI is InChI=1S/C14H9ClN2O4/c15-13-5-4-12(17(20)21)7-10(13)8-16-11-3-1-2-9(6-11)14(18)19/h1-8H,(H,18,19). The Labute approximate surface area is 124 Å². The number of nitro benzene ring substituents is 1. The molecular weight excluding hydrogens is 296 g/mol. The second-order valence-corrected chi connectivity index (χ2v) is 4.48. The number of carboxylic acids is 1. The Kier molecular flexibility index (Phi) is 4.30. The molecule has 0 aliphatic rings. The van der Waals surface area contributed by atoms with Crippen LogP contribution in [-0.2, 0) is 0 Å². The van der Waals surface area contributed by atoms with Crippen LogP contribution < -0.4 is 0 Å². The fourth-order valence-corrected chi connectivity index (χ4v) is 1.77. The van der Waals surface area contributed by atoms with Crippen LogP contribution in [0.3, 0.4) is 0 Å². The molecule has 0 bridgehead atoms. The van der Waals surface area contributed by atoms with Crippen LogP contribution in [0.1, 0.15) is 15.9 Å². The zero-order valence-electron chi connectivity index (χ0n) is 10.6. The third-order valence-corrected chi connectivity index (χ3v) is 2.98. The molecule has 2 aromatic rings. The lowest BCUT2D eigenvalue weighted by molar-refractivity contribution is -0.384. The monoisotopic (exact) mass is 304 g/mol. The van der Waals surface area contributed by atoms with E-state index in [1.54, 1.807) is 12.1 Å². The predicted molar refractivity (Wildman–Crippen MR) is 78.8 cm³/mol. The van der Waals surface area contributed by atoms with Crippen molar-refractivity contribution in [3.05, 3.63) is 68.7 Å². The van der Waals surface area contributed by atoms with E-state index in [1.807, 2.05) is 0 Å². The molecule has 0 heterocycles. The Morgan fingerprint density at radius 2 is 2.05 bits per heavy atom. The Hall–Kier alpha value is -2.73. The largest absolute Gasteiger partial charge is 0.478 e. The van der Waals surface area contributed by atoms with Gasteiger partial charge in [-0.3, -0.25) is 15.1 Å². The second kappa shape index (κ2) is 6.15. The van der Waals surface area contributed by atoms with E-state index in [4.69, 9.17) is 16.7 Å². The maximum Gasteiger partial charge on any atom is 0.335 e. The van der Waals surface area contributed by atoms with Gasteiger partial charge < -0.3 is 5.11 Å². The summed E-state index contributed by atoms with van der Waals surface area (Å²) in [5.41, 5.74) is 0.805. The van der Waals surface area contributed by atoms with E-state index in [0.717, 1.165) is 0 Å². The van der Waals surface area contributed by atoms with Crippen LogP contribution in [-0.4, -0.2) is 22.2 Å². The lowest BCUT2D eigenvalue weighted by atomic mass is 10.2. The summed E-state index contributed by atoms with van der Waals surface area (Å²) in [6, 6.07) is 10.0. The highest BCUT2D eigenvalue weighted by atomic mass is 35.5. The first kappa shape index (κ1) is 14.7. The lowest BCUT2D eigenvalue weighted by Crippen LogP contribution is -1.94. The fourth-order valence-electron chi connectivity index (χ4n) is 1.61. The van der Waals surface area contributed by atoms with E-state index in [9.17, 15) is 14.9 Å². The van der Waals surface area contributed by atoms with Gasteiger partial charge in [0.1, 0.15) is 0 Å². The van der Waals surface area contributed by atoms with Crippen molar-refractivity contribution in [2.45, 2.75) is 0 Å². The fraction of sp³-hybridized carbons (Fsp3) is 0. The Balaban J connectivity index is 2.33. The van der Waals surface area contributed by atoms with E-state index >= 15 is 0 Å². The molecule has 0 radical (unpaired) electrons. The van der Waals surface area contributed by atoms with Gasteiger partial charge in [0.15, 0.2) is 0 Å². The number of benzene rings is 2. The molecule has 0 saturated carbocycles. The number of carboxylic acid groups (broad SMARTS) is 1. The van der Waals surface area contributed by atoms with E-state index in [2.05, 4.69) is 4.99 Å². The van der Waals surface area contributed by atoms with Crippen molar-refractivity contribution >= 4 is 35.2 Å². The molecule has 0 saturated heterocycles. The number of hydrogen-bond donors (Lipinski definition) is 1. The lowest BCUT2D eigenvalue weighted by Gasteiger charge is -1.99. The summed E-state index contributed by atoms with van der Waals surface area (Å²) >= 11 is 5.94. The third-order valence-electron chi connectivity index (χ3n) is 2.64. The summed E-state index contributed by atoms with van der Waals surface area (Å²) in [5.74, 6) is -1.06. The van der Waals surface area contributed by atoms with Crippen molar-refractivity contribution in [2.75, 3.05) is 0 Å². The first-order chi connectivity index (χ1) is 9.97. The summed E-state index contributed by atoms with van der Waals surface area (Å²) in [4.78, 5) is 25.1. The molecule has 2 aromatic carbocycles. The molecule has 2 rings (SSSR count). The minimum atomic E-state index is -1.06. The van der Waals surface area contributed by atoms with Crippen molar-refractivity contribution in [3.8, 4) is 0 Å². The molecule has 0 spiro atoms. The summed E-state index contributed by atoms with van der Waals surface area (Å²) in [5, 5.41) is 19.9. The smallest absolute Gasteiger partial charge is 0.335 e. The van der Waals surface area contributed by atoms with Gasteiger partial charge in [0, 0.05) is 28.9 Å². The van der Waals surface area contributed by atoms with Gasteiger partial charge in [-0.05, 0) is 24.3 Å². The number of rotatable bonds is 4. The van der Waals surface area contributed by atoms with E-state index in [1.165, 1.54) is 36.5 Å². The number of aliphatic imine (C=N–C) groups is 1. The van der Waals surface area contributed by atoms with Crippen LogP contribution in [0.15, 0.2) is 47.5 Å². The third kappa shape index (κ3) is 3.64. The average molecular weight is 305 g/mol. The summed E-state index contributed by atoms with van der Waals surface area (Å²) in [7, 11) is 0. The van der Waals surface area contributed by atoms with Crippen molar-refractivity contribution in [3.63, 3.8) is 0 Å². The highest BCUT2D eigenvalue weighted by Gasteiger charge is 2.08. The number of non-ortho nitro benzene ring substituents is 1. The van der Waals surface area contributed by atoms with E-state index in [-0.39, 0.29) is 11.3 Å². The molecular formula is C14H9ClN2O4. The van der Waals surface area contributed by atoms with Gasteiger partial charge in [-0.1, -0.05) is 17.7 Å². The quantitative estimate of drug-likeness (QED) is 0.529. The molecule has 106 valence electrons. The Bertz CT molecular complexity index is 744. The number of aromatic carboxylic acids is 1. The SMILES string of the molecule is O=C(O)c1cccc(N=Cc2cc([N+](=O)[O-])ccc2Cl)c1. The van der Waals surface area contributed by atoms with Gasteiger partial charge in [-0.25, -0.2) is 4.79 Å². The van der Waals surface area contributed by atoms with Gasteiger partial charge in [-0.2, -0.15) is 0 Å². The normalized spacial score (nSPS) is 10.7. The minimum absolute atomic E-state index is 0.0971. The van der Waals surface area contributed by atoms with Gasteiger partial charge in [0.05, 0.1) is 16.2 Å². The van der Waals surface area contributed by atoms with Gasteiger partial charge in [0.2, 0.25) is 0 Å². The number of hydrogen-bond acceptors (Lipinski definition) is 4. The van der Waals surface area contributed by atoms with Gasteiger partial charge in [-0.15, -0.1) is 0 Å². The summed E-state index contributed by atoms with van der Waals surface area (Å²) in [6.07, 6.45) is 1.36. The molecule has 0 aliphatic heterocycles. The highest BCUT2D eigenvalue weighted by Crippen LogP contribution is 2.22. The first-order valence-electron chi connectivity index (χ1n) is 5.79. The molecule has 6 nitrogen and oxygen atoms in total. The molecule has 21 heavy (non-hydrogen) atoms. The molecule has 0 aliphatic carbocycles. The average Bonchev–Trinajstić information content (AvgIpc) is 2.46. The van der Waals surface area contributed by atoms with Gasteiger partial charge >= 0.3 is 5.97 Å². The van der Waals surface area contributed by atoms with Crippen LogP contribution >= 0.6 is 11.6 Å². The molecule has 0 amide bonds. The minimum Gasteiger partial charge on any atom is -0.478 e. The molecule has 0 aromatic heterocycles. The maximum atomic E-state index is 10.9. The summed E-state index contributed by atoms with van der Waals surface area (Å²) in [6.45, 7) is 0. The summed E-state index contributed by atoms with van der Waals surface area (Å²) < 4.78 is 0. The van der Waals surface area contributed by atoms with Crippen LogP contribution in [0.25, 0.3) is 0 Å². The Morgan fingerprint density at radius 3 is 2.71 bits per heavy atom. The van der Waals surface area contributed by atoms with Crippen molar-refractivity contribution in [1.29, 1.82) is 0 Å². The number of carbonyl (C=O) groups is 1. The zero-order chi connectivity index (χ0) is 15.4. The van der Waals surface area contributed by atoms with Crippen LogP contribution in [0.4, 0.5) is 11.4 Å². The predicted octanol–water partition coefficient (Wildman–Crippen LogP) is 3.70. The van der Waals surface area contributed by atoms with Crippen LogP contribution in [0.5, 0.6) is 0 Å². The highest BCUT2D eigenvalue weighted by molar-refractivity contribution is 6.33. The molecule has 0 unspecified atom stereocenters. The van der Waals surface area contributed by atoms with E-state index in [0.29, 0.717) is 16.3 Å². The zero-order valence-corrected chi connectivity index (χ0v) is 11.3. The Morgan fingerprint density at radius 1 is 1.29 bits per heavy atom. The van der Waals surface area contributed by atoms with Crippen molar-refractivity contribution < 1.29 is 14.8 Å². The molecule has 0 atom stereocenters. The number of halogens is 1. The molecule has 0 fully saturated rings. The van der Waals surface area contributed by atoms with Crippen LogP contribution in [0, 0.1) is 10.1 Å². The topological polar surface area (TPSA) is 92.8 Å². The van der Waals surface area contributed by atoms with Crippen molar-refractivity contribution in [2.24, 2.45) is 4.99 Å². The number of nitro groups is 1. The van der Waals surface area contributed by atoms with Crippen LogP contribution in [0.2, 0.25) is 5.02 Å². The second-order valence-electron chi connectivity index (χ2n) is 4.08.